The Labute approximate surface area is 123 Å². The maximum Gasteiger partial charge on any atom is 0.310 e. The first-order chi connectivity index (χ1) is 10.0. The summed E-state index contributed by atoms with van der Waals surface area (Å²) < 4.78 is 4.93. The molecule has 0 spiro atoms. The first-order valence-corrected chi connectivity index (χ1v) is 7.44. The van der Waals surface area contributed by atoms with Crippen LogP contribution < -0.4 is 5.32 Å². The zero-order valence-corrected chi connectivity index (χ0v) is 12.4. The van der Waals surface area contributed by atoms with Gasteiger partial charge in [0.15, 0.2) is 0 Å². The van der Waals surface area contributed by atoms with Crippen molar-refractivity contribution in [1.82, 2.24) is 10.5 Å². The van der Waals surface area contributed by atoms with Crippen molar-refractivity contribution >= 4 is 11.9 Å². The Morgan fingerprint density at radius 2 is 2.00 bits per heavy atom. The fourth-order valence-corrected chi connectivity index (χ4v) is 2.93. The van der Waals surface area contributed by atoms with Crippen LogP contribution in [0.25, 0.3) is 0 Å². The fourth-order valence-electron chi connectivity index (χ4n) is 2.93. The summed E-state index contributed by atoms with van der Waals surface area (Å²) >= 11 is 0. The van der Waals surface area contributed by atoms with Gasteiger partial charge < -0.3 is 14.9 Å². The largest absolute Gasteiger partial charge is 0.481 e. The van der Waals surface area contributed by atoms with Crippen molar-refractivity contribution in [2.75, 3.05) is 0 Å². The minimum absolute atomic E-state index is 0.0408. The molecule has 1 amide bonds. The van der Waals surface area contributed by atoms with Crippen molar-refractivity contribution in [2.45, 2.75) is 58.4 Å². The molecule has 0 atom stereocenters. The predicted octanol–water partition coefficient (Wildman–Crippen LogP) is 2.41. The maximum absolute atomic E-state index is 12.1. The van der Waals surface area contributed by atoms with Crippen LogP contribution in [0.4, 0.5) is 0 Å². The van der Waals surface area contributed by atoms with E-state index in [2.05, 4.69) is 10.5 Å². The van der Waals surface area contributed by atoms with Gasteiger partial charge in [-0.15, -0.1) is 0 Å². The SMILES string of the molecule is Cc1cc(CNC(=O)CC2(C(=O)O)CCCCCC2)no1. The lowest BCUT2D eigenvalue weighted by atomic mass is 9.77. The summed E-state index contributed by atoms with van der Waals surface area (Å²) in [5.74, 6) is -0.401. The quantitative estimate of drug-likeness (QED) is 0.813. The molecular weight excluding hydrogens is 272 g/mol. The van der Waals surface area contributed by atoms with Crippen molar-refractivity contribution in [2.24, 2.45) is 5.41 Å². The topological polar surface area (TPSA) is 92.4 Å². The molecule has 1 aliphatic rings. The summed E-state index contributed by atoms with van der Waals surface area (Å²) in [6.45, 7) is 2.05. The number of rotatable bonds is 5. The molecule has 1 fully saturated rings. The molecule has 0 unspecified atom stereocenters. The monoisotopic (exact) mass is 294 g/mol. The summed E-state index contributed by atoms with van der Waals surface area (Å²) in [5, 5.41) is 16.1. The minimum atomic E-state index is -0.902. The highest BCUT2D eigenvalue weighted by molar-refractivity contribution is 5.84. The number of carboxylic acid groups (broad SMARTS) is 1. The molecule has 0 aromatic carbocycles. The molecule has 2 rings (SSSR count). The van der Waals surface area contributed by atoms with E-state index in [1.54, 1.807) is 13.0 Å². The summed E-state index contributed by atoms with van der Waals surface area (Å²) in [7, 11) is 0. The van der Waals surface area contributed by atoms with E-state index in [0.29, 0.717) is 24.3 Å². The summed E-state index contributed by atoms with van der Waals surface area (Å²) in [5.41, 5.74) is -0.258. The van der Waals surface area contributed by atoms with Gasteiger partial charge >= 0.3 is 5.97 Å². The molecule has 21 heavy (non-hydrogen) atoms. The van der Waals surface area contributed by atoms with Crippen LogP contribution in [-0.4, -0.2) is 22.1 Å². The van der Waals surface area contributed by atoms with Crippen molar-refractivity contribution in [3.8, 4) is 0 Å². The number of amides is 1. The average molecular weight is 294 g/mol. The Balaban J connectivity index is 1.93. The summed E-state index contributed by atoms with van der Waals surface area (Å²) in [6, 6.07) is 1.75. The number of carbonyl (C=O) groups excluding carboxylic acids is 1. The predicted molar refractivity (Wildman–Crippen MR) is 75.5 cm³/mol. The van der Waals surface area contributed by atoms with Crippen LogP contribution in [0.3, 0.4) is 0 Å². The number of hydrogen-bond donors (Lipinski definition) is 2. The highest BCUT2D eigenvalue weighted by atomic mass is 16.5. The first-order valence-electron chi connectivity index (χ1n) is 7.44. The van der Waals surface area contributed by atoms with Crippen LogP contribution in [0.1, 0.15) is 56.4 Å². The van der Waals surface area contributed by atoms with Crippen LogP contribution in [0.2, 0.25) is 0 Å². The first kappa shape index (κ1) is 15.5. The van der Waals surface area contributed by atoms with E-state index < -0.39 is 11.4 Å². The zero-order chi connectivity index (χ0) is 15.3. The molecule has 116 valence electrons. The van der Waals surface area contributed by atoms with Gasteiger partial charge in [0.2, 0.25) is 5.91 Å². The summed E-state index contributed by atoms with van der Waals surface area (Å²) in [6.07, 6.45) is 5.06. The second kappa shape index (κ2) is 6.74. The number of aromatic nitrogens is 1. The van der Waals surface area contributed by atoms with Crippen LogP contribution in [0.15, 0.2) is 10.6 Å². The normalized spacial score (nSPS) is 18.0. The van der Waals surface area contributed by atoms with E-state index in [-0.39, 0.29) is 18.9 Å². The number of aryl methyl sites for hydroxylation is 1. The van der Waals surface area contributed by atoms with Gasteiger partial charge in [-0.2, -0.15) is 0 Å². The van der Waals surface area contributed by atoms with E-state index in [1.165, 1.54) is 0 Å². The van der Waals surface area contributed by atoms with Crippen molar-refractivity contribution in [3.05, 3.63) is 17.5 Å². The smallest absolute Gasteiger partial charge is 0.310 e. The number of carboxylic acids is 1. The van der Waals surface area contributed by atoms with Crippen molar-refractivity contribution in [3.63, 3.8) is 0 Å². The number of carbonyl (C=O) groups is 2. The molecule has 0 aliphatic heterocycles. The Morgan fingerprint density at radius 3 is 2.52 bits per heavy atom. The second-order valence-corrected chi connectivity index (χ2v) is 5.88. The van der Waals surface area contributed by atoms with E-state index >= 15 is 0 Å². The van der Waals surface area contributed by atoms with Crippen molar-refractivity contribution < 1.29 is 19.2 Å². The van der Waals surface area contributed by atoms with Gasteiger partial charge in [0.25, 0.3) is 0 Å². The van der Waals surface area contributed by atoms with E-state index in [9.17, 15) is 14.7 Å². The fraction of sp³-hybridized carbons (Fsp3) is 0.667. The van der Waals surface area contributed by atoms with E-state index in [1.807, 2.05) is 0 Å². The van der Waals surface area contributed by atoms with E-state index in [0.717, 1.165) is 25.7 Å². The lowest BCUT2D eigenvalue weighted by molar-refractivity contribution is -0.152. The molecule has 1 aliphatic carbocycles. The molecule has 1 aromatic heterocycles. The van der Waals surface area contributed by atoms with Crippen molar-refractivity contribution in [1.29, 1.82) is 0 Å². The number of nitrogens with one attached hydrogen (secondary N) is 1. The molecule has 2 N–H and O–H groups in total. The molecule has 1 aromatic rings. The van der Waals surface area contributed by atoms with Crippen LogP contribution >= 0.6 is 0 Å². The Morgan fingerprint density at radius 1 is 1.33 bits per heavy atom. The zero-order valence-electron chi connectivity index (χ0n) is 12.4. The lowest BCUT2D eigenvalue weighted by Gasteiger charge is -2.27. The number of nitrogens with zero attached hydrogens (tertiary/aromatic N) is 1. The van der Waals surface area contributed by atoms with Crippen LogP contribution in [0, 0.1) is 12.3 Å². The Bertz CT molecular complexity index is 502. The molecule has 0 radical (unpaired) electrons. The maximum atomic E-state index is 12.1. The Kier molecular flexibility index (Phi) is 4.98. The third kappa shape index (κ3) is 4.06. The Hall–Kier alpha value is -1.85. The average Bonchev–Trinajstić information content (AvgIpc) is 2.71. The number of aliphatic carboxylic acids is 1. The van der Waals surface area contributed by atoms with Gasteiger partial charge in [-0.3, -0.25) is 9.59 Å². The lowest BCUT2D eigenvalue weighted by Crippen LogP contribution is -2.37. The van der Waals surface area contributed by atoms with Gasteiger partial charge in [-0.25, -0.2) is 0 Å². The van der Waals surface area contributed by atoms with Gasteiger partial charge in [-0.05, 0) is 19.8 Å². The molecular formula is C15H22N2O4. The molecule has 6 nitrogen and oxygen atoms in total. The number of hydrogen-bond acceptors (Lipinski definition) is 4. The molecule has 6 heteroatoms. The van der Waals surface area contributed by atoms with Gasteiger partial charge in [-0.1, -0.05) is 30.8 Å². The van der Waals surface area contributed by atoms with Gasteiger partial charge in [0.1, 0.15) is 11.5 Å². The molecule has 1 heterocycles. The highest BCUT2D eigenvalue weighted by Crippen LogP contribution is 2.38. The molecule has 1 saturated carbocycles. The van der Waals surface area contributed by atoms with Crippen LogP contribution in [0.5, 0.6) is 0 Å². The van der Waals surface area contributed by atoms with Gasteiger partial charge in [0, 0.05) is 12.5 Å². The third-order valence-electron chi connectivity index (χ3n) is 4.16. The molecule has 0 saturated heterocycles. The second-order valence-electron chi connectivity index (χ2n) is 5.88. The third-order valence-corrected chi connectivity index (χ3v) is 4.16. The summed E-state index contributed by atoms with van der Waals surface area (Å²) in [4.78, 5) is 23.7. The highest BCUT2D eigenvalue weighted by Gasteiger charge is 2.40. The standard InChI is InChI=1S/C15H22N2O4/c1-11-8-12(17-21-11)10-16-13(18)9-15(14(19)20)6-4-2-3-5-7-15/h8H,2-7,9-10H2,1H3,(H,16,18)(H,19,20). The van der Waals surface area contributed by atoms with Crippen LogP contribution in [-0.2, 0) is 16.1 Å². The minimum Gasteiger partial charge on any atom is -0.481 e. The molecule has 0 bridgehead atoms. The van der Waals surface area contributed by atoms with E-state index in [4.69, 9.17) is 4.52 Å². The van der Waals surface area contributed by atoms with Gasteiger partial charge in [0.05, 0.1) is 12.0 Å².